The molecule has 0 bridgehead atoms. The first-order valence-electron chi connectivity index (χ1n) is 10.4. The van der Waals surface area contributed by atoms with E-state index in [1.807, 2.05) is 0 Å². The van der Waals surface area contributed by atoms with E-state index in [1.165, 1.54) is 24.3 Å². The third-order valence-corrected chi connectivity index (χ3v) is 6.13. The number of aryl methyl sites for hydroxylation is 2. The predicted molar refractivity (Wildman–Crippen MR) is 127 cm³/mol. The van der Waals surface area contributed by atoms with E-state index in [9.17, 15) is 27.5 Å². The van der Waals surface area contributed by atoms with Gasteiger partial charge >= 0.3 is 11.9 Å². The van der Waals surface area contributed by atoms with Crippen LogP contribution < -0.4 is 14.8 Å². The van der Waals surface area contributed by atoms with Crippen LogP contribution in [0.25, 0.3) is 0 Å². The lowest BCUT2D eigenvalue weighted by Crippen LogP contribution is -2.25. The van der Waals surface area contributed by atoms with E-state index in [-0.39, 0.29) is 18.0 Å². The van der Waals surface area contributed by atoms with Crippen LogP contribution >= 0.6 is 0 Å². The number of sulfonamides is 1. The summed E-state index contributed by atoms with van der Waals surface area (Å²) >= 11 is 0. The lowest BCUT2D eigenvalue weighted by atomic mass is 10.1. The fraction of sp³-hybridized carbons (Fsp3) is 0.167. The minimum Gasteiger partial charge on any atom is -0.507 e. The van der Waals surface area contributed by atoms with Crippen molar-refractivity contribution in [3.8, 4) is 17.2 Å². The third-order valence-electron chi connectivity index (χ3n) is 4.72. The molecule has 0 saturated carbocycles. The summed E-state index contributed by atoms with van der Waals surface area (Å²) in [5, 5.41) is 12.6. The highest BCUT2D eigenvalue weighted by Crippen LogP contribution is 2.35. The van der Waals surface area contributed by atoms with E-state index >= 15 is 0 Å². The highest BCUT2D eigenvalue weighted by molar-refractivity contribution is 7.92. The highest BCUT2D eigenvalue weighted by atomic mass is 32.2. The Morgan fingerprint density at radius 3 is 2.20 bits per heavy atom. The van der Waals surface area contributed by atoms with Crippen molar-refractivity contribution in [2.24, 2.45) is 0 Å². The second-order valence-corrected chi connectivity index (χ2v) is 9.11. The maximum Gasteiger partial charge on any atom is 0.397 e. The van der Waals surface area contributed by atoms with Crippen LogP contribution in [-0.2, 0) is 24.3 Å². The number of amides is 1. The molecule has 3 aromatic rings. The number of nitrogens with one attached hydrogen (secondary N) is 2. The number of anilines is 2. The molecule has 0 aromatic heterocycles. The van der Waals surface area contributed by atoms with Crippen molar-refractivity contribution in [2.75, 3.05) is 16.6 Å². The van der Waals surface area contributed by atoms with Crippen molar-refractivity contribution in [3.63, 3.8) is 0 Å². The fourth-order valence-corrected chi connectivity index (χ4v) is 4.35. The number of carbonyl (C=O) groups excluding carboxylic acids is 2. The zero-order chi connectivity index (χ0) is 25.8. The Hall–Kier alpha value is -4.12. The van der Waals surface area contributed by atoms with Crippen LogP contribution in [0.3, 0.4) is 0 Å². The molecule has 3 rings (SSSR count). The second kappa shape index (κ2) is 10.4. The summed E-state index contributed by atoms with van der Waals surface area (Å²) in [5.74, 6) is -2.44. The fourth-order valence-electron chi connectivity index (χ4n) is 3.18. The molecule has 3 aromatic carbocycles. The molecule has 0 aliphatic heterocycles. The Kier molecular flexibility index (Phi) is 7.60. The molecule has 0 fully saturated rings. The van der Waals surface area contributed by atoms with Gasteiger partial charge in [0.1, 0.15) is 28.0 Å². The van der Waals surface area contributed by atoms with Crippen LogP contribution in [0.15, 0.2) is 59.5 Å². The van der Waals surface area contributed by atoms with Gasteiger partial charge in [-0.2, -0.15) is 0 Å². The van der Waals surface area contributed by atoms with Gasteiger partial charge in [-0.1, -0.05) is 0 Å². The van der Waals surface area contributed by atoms with Crippen LogP contribution in [0, 0.1) is 19.7 Å². The smallest absolute Gasteiger partial charge is 0.397 e. The topological polar surface area (TPSA) is 131 Å². The van der Waals surface area contributed by atoms with Crippen molar-refractivity contribution < 1.29 is 37.0 Å². The van der Waals surface area contributed by atoms with Crippen molar-refractivity contribution in [1.82, 2.24) is 0 Å². The van der Waals surface area contributed by atoms with Gasteiger partial charge in [-0.05, 0) is 80.4 Å². The van der Waals surface area contributed by atoms with Crippen molar-refractivity contribution >= 4 is 33.3 Å². The first kappa shape index (κ1) is 25.5. The third kappa shape index (κ3) is 6.27. The summed E-state index contributed by atoms with van der Waals surface area (Å²) in [7, 11) is -4.22. The molecule has 0 atom stereocenters. The van der Waals surface area contributed by atoms with Crippen LogP contribution in [0.1, 0.15) is 18.1 Å². The molecule has 0 unspecified atom stereocenters. The van der Waals surface area contributed by atoms with Gasteiger partial charge < -0.3 is 19.9 Å². The Balaban J connectivity index is 1.84. The molecule has 3 N–H and O–H groups in total. The van der Waals surface area contributed by atoms with E-state index in [4.69, 9.17) is 4.74 Å². The van der Waals surface area contributed by atoms with Gasteiger partial charge in [-0.15, -0.1) is 0 Å². The molecular weight excluding hydrogens is 479 g/mol. The number of phenols is 1. The summed E-state index contributed by atoms with van der Waals surface area (Å²) in [6, 6.07) is 11.6. The number of carbonyl (C=O) groups is 2. The van der Waals surface area contributed by atoms with E-state index < -0.39 is 38.4 Å². The highest BCUT2D eigenvalue weighted by Gasteiger charge is 2.21. The molecule has 0 spiro atoms. The molecular formula is C24H23FN2O7S. The number of phenolic OH excluding ortho intramolecular Hbond substituents is 1. The minimum atomic E-state index is -4.22. The summed E-state index contributed by atoms with van der Waals surface area (Å²) in [6.45, 7) is 5.07. The Morgan fingerprint density at radius 2 is 1.60 bits per heavy atom. The number of hydrogen-bond acceptors (Lipinski definition) is 7. The number of halogens is 1. The standard InChI is InChI=1S/C24H23FN2O7S/c1-4-33-24(30)23(29)26-18-11-14(2)22(15(3)12-18)34-19-9-10-20(28)21(13-19)35(31,32)27-17-7-5-16(25)6-8-17/h5-13,27-28H,4H2,1-3H3,(H,26,29). The van der Waals surface area contributed by atoms with Gasteiger partial charge in [0, 0.05) is 17.4 Å². The molecule has 0 aliphatic rings. The van der Waals surface area contributed by atoms with Crippen molar-refractivity contribution in [2.45, 2.75) is 25.7 Å². The van der Waals surface area contributed by atoms with E-state index in [1.54, 1.807) is 32.9 Å². The summed E-state index contributed by atoms with van der Waals surface area (Å²) < 4.78 is 51.5. The normalized spacial score (nSPS) is 11.0. The first-order chi connectivity index (χ1) is 16.5. The van der Waals surface area contributed by atoms with E-state index in [0.717, 1.165) is 18.2 Å². The summed E-state index contributed by atoms with van der Waals surface area (Å²) in [5.41, 5.74) is 1.64. The van der Waals surface area contributed by atoms with Crippen LogP contribution in [0.2, 0.25) is 0 Å². The SMILES string of the molecule is CCOC(=O)C(=O)Nc1cc(C)c(Oc2ccc(O)c(S(=O)(=O)Nc3ccc(F)cc3)c2)c(C)c1. The minimum absolute atomic E-state index is 0.0703. The van der Waals surface area contributed by atoms with Gasteiger partial charge in [0.2, 0.25) is 0 Å². The van der Waals surface area contributed by atoms with Crippen LogP contribution in [0.5, 0.6) is 17.2 Å². The molecule has 9 nitrogen and oxygen atoms in total. The number of ether oxygens (including phenoxy) is 2. The number of benzene rings is 3. The van der Waals surface area contributed by atoms with Crippen LogP contribution in [0.4, 0.5) is 15.8 Å². The quantitative estimate of drug-likeness (QED) is 0.325. The summed E-state index contributed by atoms with van der Waals surface area (Å²) in [4.78, 5) is 23.0. The zero-order valence-electron chi connectivity index (χ0n) is 19.1. The van der Waals surface area contributed by atoms with Gasteiger partial charge in [-0.25, -0.2) is 17.6 Å². The van der Waals surface area contributed by atoms with E-state index in [0.29, 0.717) is 22.6 Å². The number of esters is 1. The van der Waals surface area contributed by atoms with Crippen molar-refractivity contribution in [3.05, 3.63) is 71.5 Å². The predicted octanol–water partition coefficient (Wildman–Crippen LogP) is 4.24. The van der Waals surface area contributed by atoms with Crippen LogP contribution in [-0.4, -0.2) is 32.0 Å². The second-order valence-electron chi connectivity index (χ2n) is 7.46. The Morgan fingerprint density at radius 1 is 0.971 bits per heavy atom. The zero-order valence-corrected chi connectivity index (χ0v) is 19.9. The lowest BCUT2D eigenvalue weighted by molar-refractivity contribution is -0.152. The van der Waals surface area contributed by atoms with Gasteiger partial charge in [-0.3, -0.25) is 9.52 Å². The largest absolute Gasteiger partial charge is 0.507 e. The molecule has 1 amide bonds. The van der Waals surface area contributed by atoms with Gasteiger partial charge in [0.15, 0.2) is 0 Å². The summed E-state index contributed by atoms with van der Waals surface area (Å²) in [6.07, 6.45) is 0. The number of hydrogen-bond donors (Lipinski definition) is 3. The first-order valence-corrected chi connectivity index (χ1v) is 11.9. The molecule has 35 heavy (non-hydrogen) atoms. The molecule has 0 saturated heterocycles. The average Bonchev–Trinajstić information content (AvgIpc) is 2.78. The van der Waals surface area contributed by atoms with E-state index in [2.05, 4.69) is 14.8 Å². The Labute approximate surface area is 201 Å². The van der Waals surface area contributed by atoms with Crippen molar-refractivity contribution in [1.29, 1.82) is 0 Å². The number of rotatable bonds is 7. The molecule has 11 heteroatoms. The van der Waals surface area contributed by atoms with Gasteiger partial charge in [0.05, 0.1) is 6.61 Å². The maximum atomic E-state index is 13.1. The maximum absolute atomic E-state index is 13.1. The molecule has 184 valence electrons. The number of aromatic hydroxyl groups is 1. The Bertz CT molecular complexity index is 1350. The molecule has 0 aliphatic carbocycles. The monoisotopic (exact) mass is 502 g/mol. The molecule has 0 heterocycles. The van der Waals surface area contributed by atoms with Gasteiger partial charge in [0.25, 0.3) is 10.0 Å². The lowest BCUT2D eigenvalue weighted by Gasteiger charge is -2.16. The molecule has 0 radical (unpaired) electrons. The average molecular weight is 503 g/mol.